The molecule has 0 aliphatic carbocycles. The minimum absolute atomic E-state index is 0.0790. The third-order valence-electron chi connectivity index (χ3n) is 8.27. The number of H-pyrrole nitrogens is 1. The summed E-state index contributed by atoms with van der Waals surface area (Å²) in [7, 11) is 3.01. The molecular formula is C38H32N4O4S. The van der Waals surface area contributed by atoms with E-state index in [0.717, 1.165) is 49.9 Å². The molecule has 0 spiro atoms. The van der Waals surface area contributed by atoms with Crippen molar-refractivity contribution >= 4 is 62.4 Å². The Balaban J connectivity index is 1.22. The van der Waals surface area contributed by atoms with Crippen LogP contribution in [0.25, 0.3) is 27.9 Å². The SMILES string of the molecule is COC(=O)c1cccc(Cn2cc(/C=C3\SC(=Nc4ccc(OC)cc4)N(CCc4c[nH]c5ccccc45)C3=O)c3ccccc32)c1. The summed E-state index contributed by atoms with van der Waals surface area (Å²) >= 11 is 1.38. The minimum atomic E-state index is -0.368. The van der Waals surface area contributed by atoms with Gasteiger partial charge in [-0.2, -0.15) is 0 Å². The van der Waals surface area contributed by atoms with Crippen molar-refractivity contribution in [2.75, 3.05) is 20.8 Å². The first-order valence-electron chi connectivity index (χ1n) is 15.2. The van der Waals surface area contributed by atoms with Gasteiger partial charge in [-0.1, -0.05) is 48.5 Å². The molecule has 1 amide bonds. The molecule has 0 saturated carbocycles. The Labute approximate surface area is 276 Å². The number of thioether (sulfide) groups is 1. The molecule has 1 aliphatic rings. The van der Waals surface area contributed by atoms with Crippen LogP contribution in [-0.2, 0) is 22.5 Å². The lowest BCUT2D eigenvalue weighted by atomic mass is 10.1. The first-order valence-corrected chi connectivity index (χ1v) is 16.1. The van der Waals surface area contributed by atoms with Crippen molar-refractivity contribution in [3.63, 3.8) is 0 Å². The number of ether oxygens (including phenoxy) is 2. The van der Waals surface area contributed by atoms with Gasteiger partial charge in [-0.05, 0) is 83.9 Å². The average Bonchev–Trinajstić information content (AvgIpc) is 3.77. The summed E-state index contributed by atoms with van der Waals surface area (Å²) in [6, 6.07) is 31.3. The normalized spacial score (nSPS) is 14.9. The molecule has 1 aliphatic heterocycles. The predicted octanol–water partition coefficient (Wildman–Crippen LogP) is 7.81. The second kappa shape index (κ2) is 13.1. The second-order valence-electron chi connectivity index (χ2n) is 11.2. The number of methoxy groups -OCH3 is 2. The highest BCUT2D eigenvalue weighted by Crippen LogP contribution is 2.36. The van der Waals surface area contributed by atoms with E-state index in [2.05, 4.69) is 40.0 Å². The Hall–Kier alpha value is -5.54. The maximum atomic E-state index is 14.1. The number of esters is 1. The van der Waals surface area contributed by atoms with Crippen LogP contribution in [0.2, 0.25) is 0 Å². The average molecular weight is 641 g/mol. The number of nitrogens with zero attached hydrogens (tertiary/aromatic N) is 3. The number of benzene rings is 4. The van der Waals surface area contributed by atoms with Gasteiger partial charge in [0.25, 0.3) is 5.91 Å². The van der Waals surface area contributed by atoms with Gasteiger partial charge in [-0.15, -0.1) is 0 Å². The van der Waals surface area contributed by atoms with Crippen molar-refractivity contribution < 1.29 is 19.1 Å². The van der Waals surface area contributed by atoms with Gasteiger partial charge >= 0.3 is 5.97 Å². The van der Waals surface area contributed by atoms with E-state index in [4.69, 9.17) is 14.5 Å². The maximum absolute atomic E-state index is 14.1. The van der Waals surface area contributed by atoms with Gasteiger partial charge < -0.3 is 19.0 Å². The van der Waals surface area contributed by atoms with E-state index < -0.39 is 0 Å². The number of aromatic amines is 1. The first kappa shape index (κ1) is 30.1. The van der Waals surface area contributed by atoms with Crippen molar-refractivity contribution in [1.29, 1.82) is 0 Å². The minimum Gasteiger partial charge on any atom is -0.497 e. The highest BCUT2D eigenvalue weighted by atomic mass is 32.2. The predicted molar refractivity (Wildman–Crippen MR) is 188 cm³/mol. The number of carbonyl (C=O) groups is 2. The number of nitrogens with one attached hydrogen (secondary N) is 1. The molecule has 0 unspecified atom stereocenters. The standard InChI is InChI=1S/C38H32N4O4S/c1-45-30-16-14-29(15-17-30)40-38-42(19-18-27-22-39-33-12-5-3-10-31(27)33)36(43)35(47-38)21-28-24-41(34-13-6-4-11-32(28)34)23-25-8-7-9-26(20-25)37(44)46-2/h3-17,20-22,24,39H,18-19,23H2,1-2H3/b35-21-,40-38?. The number of fused-ring (bicyclic) bond motifs is 2. The van der Waals surface area contributed by atoms with E-state index in [-0.39, 0.29) is 11.9 Å². The number of hydrogen-bond acceptors (Lipinski definition) is 6. The molecule has 1 fully saturated rings. The number of para-hydroxylation sites is 2. The number of aliphatic imine (C=N–C) groups is 1. The van der Waals surface area contributed by atoms with Crippen LogP contribution < -0.4 is 4.74 Å². The Morgan fingerprint density at radius 3 is 2.53 bits per heavy atom. The van der Waals surface area contributed by atoms with Crippen LogP contribution in [0.1, 0.15) is 27.0 Å². The number of carbonyl (C=O) groups excluding carboxylic acids is 2. The number of amides is 1. The molecule has 6 aromatic rings. The van der Waals surface area contributed by atoms with Crippen LogP contribution in [0.15, 0.2) is 119 Å². The van der Waals surface area contributed by atoms with Crippen LogP contribution in [0.5, 0.6) is 5.75 Å². The van der Waals surface area contributed by atoms with E-state index in [1.54, 1.807) is 18.1 Å². The van der Waals surface area contributed by atoms with Gasteiger partial charge in [0.15, 0.2) is 5.17 Å². The molecule has 1 saturated heterocycles. The smallest absolute Gasteiger partial charge is 0.337 e. The molecule has 2 aromatic heterocycles. The molecule has 0 bridgehead atoms. The molecule has 4 aromatic carbocycles. The summed E-state index contributed by atoms with van der Waals surface area (Å²) in [5.41, 5.74) is 6.41. The lowest BCUT2D eigenvalue weighted by Crippen LogP contribution is -2.31. The summed E-state index contributed by atoms with van der Waals surface area (Å²) in [6.07, 6.45) is 6.72. The molecule has 9 heteroatoms. The fourth-order valence-corrected chi connectivity index (χ4v) is 6.92. The molecule has 8 nitrogen and oxygen atoms in total. The zero-order valence-electron chi connectivity index (χ0n) is 26.0. The zero-order chi connectivity index (χ0) is 32.3. The summed E-state index contributed by atoms with van der Waals surface area (Å²) in [6.45, 7) is 1.04. The first-order chi connectivity index (χ1) is 23.0. The van der Waals surface area contributed by atoms with E-state index in [1.165, 1.54) is 18.9 Å². The van der Waals surface area contributed by atoms with Gasteiger partial charge in [-0.3, -0.25) is 9.69 Å². The second-order valence-corrected chi connectivity index (χ2v) is 12.2. The van der Waals surface area contributed by atoms with Crippen molar-refractivity contribution in [3.05, 3.63) is 137 Å². The largest absolute Gasteiger partial charge is 0.497 e. The zero-order valence-corrected chi connectivity index (χ0v) is 26.8. The number of hydrogen-bond donors (Lipinski definition) is 1. The van der Waals surface area contributed by atoms with Crippen LogP contribution in [-0.4, -0.2) is 52.3 Å². The van der Waals surface area contributed by atoms with Crippen molar-refractivity contribution in [2.24, 2.45) is 4.99 Å². The van der Waals surface area contributed by atoms with E-state index in [1.807, 2.05) is 79.0 Å². The molecule has 0 atom stereocenters. The molecule has 0 radical (unpaired) electrons. The van der Waals surface area contributed by atoms with Gasteiger partial charge in [0, 0.05) is 52.9 Å². The van der Waals surface area contributed by atoms with Crippen LogP contribution >= 0.6 is 11.8 Å². The van der Waals surface area contributed by atoms with Crippen LogP contribution in [0.3, 0.4) is 0 Å². The highest BCUT2D eigenvalue weighted by Gasteiger charge is 2.33. The van der Waals surface area contributed by atoms with E-state index in [9.17, 15) is 9.59 Å². The molecule has 3 heterocycles. The van der Waals surface area contributed by atoms with Crippen LogP contribution in [0, 0.1) is 0 Å². The van der Waals surface area contributed by atoms with E-state index >= 15 is 0 Å². The van der Waals surface area contributed by atoms with Gasteiger partial charge in [0.2, 0.25) is 0 Å². The lowest BCUT2D eigenvalue weighted by molar-refractivity contribution is -0.122. The quantitative estimate of drug-likeness (QED) is 0.129. The topological polar surface area (TPSA) is 88.9 Å². The lowest BCUT2D eigenvalue weighted by Gasteiger charge is -2.15. The monoisotopic (exact) mass is 640 g/mol. The maximum Gasteiger partial charge on any atom is 0.337 e. The van der Waals surface area contributed by atoms with Gasteiger partial charge in [-0.25, -0.2) is 9.79 Å². The Bertz CT molecular complexity index is 2180. The molecule has 47 heavy (non-hydrogen) atoms. The summed E-state index contributed by atoms with van der Waals surface area (Å²) < 4.78 is 12.4. The summed E-state index contributed by atoms with van der Waals surface area (Å²) in [5, 5.41) is 2.82. The Kier molecular flexibility index (Phi) is 8.37. The van der Waals surface area contributed by atoms with E-state index in [0.29, 0.717) is 35.1 Å². The number of amidine groups is 1. The third kappa shape index (κ3) is 6.17. The van der Waals surface area contributed by atoms with Crippen molar-refractivity contribution in [3.8, 4) is 5.75 Å². The van der Waals surface area contributed by atoms with Crippen LogP contribution in [0.4, 0.5) is 5.69 Å². The third-order valence-corrected chi connectivity index (χ3v) is 9.28. The number of aromatic nitrogens is 2. The highest BCUT2D eigenvalue weighted by molar-refractivity contribution is 8.18. The number of rotatable bonds is 9. The molecule has 7 rings (SSSR count). The fourth-order valence-electron chi connectivity index (χ4n) is 5.90. The fraction of sp³-hybridized carbons (Fsp3) is 0.132. The van der Waals surface area contributed by atoms with Crippen molar-refractivity contribution in [2.45, 2.75) is 13.0 Å². The molecule has 1 N–H and O–H groups in total. The summed E-state index contributed by atoms with van der Waals surface area (Å²) in [5.74, 6) is 0.298. The molecular weight excluding hydrogens is 609 g/mol. The molecule has 234 valence electrons. The van der Waals surface area contributed by atoms with Gasteiger partial charge in [0.1, 0.15) is 5.75 Å². The Morgan fingerprint density at radius 2 is 1.72 bits per heavy atom. The summed E-state index contributed by atoms with van der Waals surface area (Å²) in [4.78, 5) is 36.8. The van der Waals surface area contributed by atoms with Crippen molar-refractivity contribution in [1.82, 2.24) is 14.5 Å². The van der Waals surface area contributed by atoms with Gasteiger partial charge in [0.05, 0.1) is 30.4 Å². The Morgan fingerprint density at radius 1 is 0.936 bits per heavy atom.